The molecule has 0 radical (unpaired) electrons. The van der Waals surface area contributed by atoms with Crippen LogP contribution in [-0.2, 0) is 4.79 Å². The molecule has 2 rings (SSSR count). The van der Waals surface area contributed by atoms with Crippen LogP contribution in [0.2, 0.25) is 0 Å². The van der Waals surface area contributed by atoms with Crippen LogP contribution in [0.4, 0.5) is 5.82 Å². The fraction of sp³-hybridized carbons (Fsp3) is 0.125. The number of pyridine rings is 1. The summed E-state index contributed by atoms with van der Waals surface area (Å²) in [6.45, 7) is 0. The van der Waals surface area contributed by atoms with Gasteiger partial charge in [0.1, 0.15) is 17.7 Å². The van der Waals surface area contributed by atoms with E-state index in [4.69, 9.17) is 5.41 Å². The van der Waals surface area contributed by atoms with Gasteiger partial charge in [-0.25, -0.2) is 4.57 Å². The van der Waals surface area contributed by atoms with E-state index >= 15 is 0 Å². The number of carbonyl (C=O) groups excluding carboxylic acids is 2. The van der Waals surface area contributed by atoms with Crippen LogP contribution >= 0.6 is 0 Å². The van der Waals surface area contributed by atoms with Crippen molar-refractivity contribution in [3.63, 3.8) is 0 Å². The smallest absolute Gasteiger partial charge is 0.243 e. The van der Waals surface area contributed by atoms with Crippen LogP contribution in [0, 0.1) is 5.41 Å². The molecule has 1 amide bonds. The van der Waals surface area contributed by atoms with Crippen LogP contribution in [0.15, 0.2) is 18.2 Å². The van der Waals surface area contributed by atoms with Gasteiger partial charge in [0.05, 0.1) is 0 Å². The van der Waals surface area contributed by atoms with Crippen molar-refractivity contribution in [1.82, 2.24) is 4.57 Å². The van der Waals surface area contributed by atoms with E-state index in [1.54, 1.807) is 12.1 Å². The highest BCUT2D eigenvalue weighted by Gasteiger charge is 2.20. The zero-order valence-corrected chi connectivity index (χ0v) is 6.70. The second-order valence-corrected chi connectivity index (χ2v) is 2.75. The Bertz CT molecular complexity index is 447. The standard InChI is InChI=1S/C8H7N3O2/c9-5-2-1-3-6-10-7(12)4-8(13)11(5)6/h1-3,9H,4H2,(H,10,12). The topological polar surface area (TPSA) is 75.0 Å². The molecule has 2 N–H and O–H groups in total. The van der Waals surface area contributed by atoms with E-state index in [2.05, 4.69) is 5.32 Å². The molecule has 0 saturated heterocycles. The predicted octanol–water partition coefficient (Wildman–Crippen LogP) is -0.0500. The van der Waals surface area contributed by atoms with Gasteiger partial charge in [-0.05, 0) is 12.1 Å². The summed E-state index contributed by atoms with van der Waals surface area (Å²) in [6.07, 6.45) is -0.187. The van der Waals surface area contributed by atoms with E-state index in [1.165, 1.54) is 10.6 Å². The van der Waals surface area contributed by atoms with Gasteiger partial charge in [-0.1, -0.05) is 6.07 Å². The first kappa shape index (κ1) is 7.72. The second-order valence-electron chi connectivity index (χ2n) is 2.75. The Morgan fingerprint density at radius 2 is 2.15 bits per heavy atom. The highest BCUT2D eigenvalue weighted by atomic mass is 16.2. The minimum absolute atomic E-state index is 0.0856. The van der Waals surface area contributed by atoms with Crippen LogP contribution in [0.25, 0.3) is 0 Å². The van der Waals surface area contributed by atoms with E-state index in [-0.39, 0.29) is 23.7 Å². The molecule has 1 aromatic rings. The summed E-state index contributed by atoms with van der Waals surface area (Å²) in [4.78, 5) is 22.2. The average Bonchev–Trinajstić information content (AvgIpc) is 2.02. The molecule has 0 aliphatic carbocycles. The van der Waals surface area contributed by atoms with Gasteiger partial charge >= 0.3 is 0 Å². The van der Waals surface area contributed by atoms with E-state index in [0.717, 1.165) is 0 Å². The van der Waals surface area contributed by atoms with Crippen molar-refractivity contribution in [2.75, 3.05) is 5.32 Å². The van der Waals surface area contributed by atoms with Gasteiger partial charge in [-0.2, -0.15) is 0 Å². The third-order valence-electron chi connectivity index (χ3n) is 1.82. The van der Waals surface area contributed by atoms with Crippen molar-refractivity contribution in [1.29, 1.82) is 5.41 Å². The number of hydrogen-bond donors (Lipinski definition) is 2. The Balaban J connectivity index is 2.68. The fourth-order valence-corrected chi connectivity index (χ4v) is 1.28. The number of nitrogens with one attached hydrogen (secondary N) is 2. The van der Waals surface area contributed by atoms with E-state index in [1.807, 2.05) is 0 Å². The molecule has 13 heavy (non-hydrogen) atoms. The van der Waals surface area contributed by atoms with E-state index < -0.39 is 0 Å². The van der Waals surface area contributed by atoms with Crippen molar-refractivity contribution in [3.8, 4) is 0 Å². The largest absolute Gasteiger partial charge is 0.311 e. The monoisotopic (exact) mass is 177 g/mol. The Morgan fingerprint density at radius 1 is 1.38 bits per heavy atom. The Hall–Kier alpha value is -1.91. The Morgan fingerprint density at radius 3 is 2.92 bits per heavy atom. The predicted molar refractivity (Wildman–Crippen MR) is 44.2 cm³/mol. The van der Waals surface area contributed by atoms with Crippen molar-refractivity contribution >= 4 is 17.6 Å². The SMILES string of the molecule is N=c1cccc2n1C(=O)CC(=O)N2. The molecule has 0 atom stereocenters. The number of nitrogens with zero attached hydrogens (tertiary/aromatic N) is 1. The zero-order chi connectivity index (χ0) is 9.42. The number of anilines is 1. The number of carbonyl (C=O) groups is 2. The van der Waals surface area contributed by atoms with Crippen LogP contribution in [0.3, 0.4) is 0 Å². The maximum atomic E-state index is 11.3. The summed E-state index contributed by atoms with van der Waals surface area (Å²) in [5.74, 6) is -0.311. The third kappa shape index (κ3) is 1.14. The molecule has 0 fully saturated rings. The van der Waals surface area contributed by atoms with E-state index in [9.17, 15) is 9.59 Å². The Labute approximate surface area is 73.5 Å². The van der Waals surface area contributed by atoms with Gasteiger partial charge in [0.15, 0.2) is 0 Å². The summed E-state index contributed by atoms with van der Waals surface area (Å²) in [6, 6.07) is 4.71. The normalized spacial score (nSPS) is 15.1. The molecular weight excluding hydrogens is 170 g/mol. The highest BCUT2D eigenvalue weighted by molar-refractivity contribution is 6.08. The quantitative estimate of drug-likeness (QED) is 0.545. The van der Waals surface area contributed by atoms with Crippen molar-refractivity contribution in [2.45, 2.75) is 6.42 Å². The second kappa shape index (κ2) is 2.55. The molecule has 0 unspecified atom stereocenters. The number of amides is 1. The molecule has 0 saturated carbocycles. The summed E-state index contributed by atoms with van der Waals surface area (Å²) >= 11 is 0. The lowest BCUT2D eigenvalue weighted by molar-refractivity contribution is -0.115. The molecule has 1 aliphatic heterocycles. The maximum absolute atomic E-state index is 11.3. The molecule has 0 aromatic carbocycles. The summed E-state index contributed by atoms with van der Waals surface area (Å²) in [5.41, 5.74) is 0.0856. The number of hydrogen-bond acceptors (Lipinski definition) is 3. The zero-order valence-electron chi connectivity index (χ0n) is 6.70. The molecule has 0 bridgehead atoms. The van der Waals surface area contributed by atoms with Gasteiger partial charge in [-0.15, -0.1) is 0 Å². The molecular formula is C8H7N3O2. The summed E-state index contributed by atoms with van der Waals surface area (Å²) in [5, 5.41) is 9.95. The van der Waals surface area contributed by atoms with Crippen molar-refractivity contribution in [2.24, 2.45) is 0 Å². The van der Waals surface area contributed by atoms with E-state index in [0.29, 0.717) is 5.82 Å². The maximum Gasteiger partial charge on any atom is 0.243 e. The number of fused-ring (bicyclic) bond motifs is 1. The van der Waals surface area contributed by atoms with Crippen LogP contribution in [0.5, 0.6) is 0 Å². The fourth-order valence-electron chi connectivity index (χ4n) is 1.28. The number of aromatic nitrogens is 1. The molecule has 66 valence electrons. The molecule has 2 heterocycles. The number of rotatable bonds is 0. The lowest BCUT2D eigenvalue weighted by Crippen LogP contribution is -2.36. The molecule has 1 aliphatic rings. The lowest BCUT2D eigenvalue weighted by atomic mass is 10.3. The highest BCUT2D eigenvalue weighted by Crippen LogP contribution is 2.10. The first-order chi connectivity index (χ1) is 6.18. The van der Waals surface area contributed by atoms with Crippen molar-refractivity contribution in [3.05, 3.63) is 23.7 Å². The average molecular weight is 177 g/mol. The van der Waals surface area contributed by atoms with Gasteiger partial charge in [-0.3, -0.25) is 15.0 Å². The lowest BCUT2D eigenvalue weighted by Gasteiger charge is -2.17. The molecule has 0 spiro atoms. The van der Waals surface area contributed by atoms with Crippen molar-refractivity contribution < 1.29 is 9.59 Å². The molecule has 5 heteroatoms. The first-order valence-corrected chi connectivity index (χ1v) is 3.78. The first-order valence-electron chi connectivity index (χ1n) is 3.78. The molecule has 5 nitrogen and oxygen atoms in total. The van der Waals surface area contributed by atoms with Crippen LogP contribution < -0.4 is 10.8 Å². The third-order valence-corrected chi connectivity index (χ3v) is 1.82. The van der Waals surface area contributed by atoms with Crippen LogP contribution in [-0.4, -0.2) is 16.4 Å². The minimum Gasteiger partial charge on any atom is -0.311 e. The van der Waals surface area contributed by atoms with Gasteiger partial charge < -0.3 is 5.32 Å². The molecule has 1 aromatic heterocycles. The van der Waals surface area contributed by atoms with Crippen LogP contribution in [0.1, 0.15) is 11.2 Å². The summed E-state index contributed by atoms with van der Waals surface area (Å²) in [7, 11) is 0. The van der Waals surface area contributed by atoms with Gasteiger partial charge in [0.2, 0.25) is 11.8 Å². The van der Waals surface area contributed by atoms with Gasteiger partial charge in [0, 0.05) is 0 Å². The Kier molecular flexibility index (Phi) is 1.51. The summed E-state index contributed by atoms with van der Waals surface area (Å²) < 4.78 is 1.18. The van der Waals surface area contributed by atoms with Gasteiger partial charge in [0.25, 0.3) is 0 Å². The minimum atomic E-state index is -0.357.